The molecule has 1 saturated heterocycles. The van der Waals surface area contributed by atoms with Crippen LogP contribution < -0.4 is 20.5 Å². The number of nitrogens with one attached hydrogen (secondary N) is 1. The van der Waals surface area contributed by atoms with Crippen molar-refractivity contribution >= 4 is 22.3 Å². The molecule has 2 N–H and O–H groups in total. The van der Waals surface area contributed by atoms with Crippen LogP contribution in [-0.2, 0) is 0 Å². The zero-order valence-electron chi connectivity index (χ0n) is 18.2. The molecule has 3 aromatic rings. The summed E-state index contributed by atoms with van der Waals surface area (Å²) in [5.41, 5.74) is 3.65. The van der Waals surface area contributed by atoms with E-state index in [0.717, 1.165) is 48.6 Å². The lowest BCUT2D eigenvalue weighted by molar-refractivity contribution is 0.291. The van der Waals surface area contributed by atoms with Crippen LogP contribution in [0.15, 0.2) is 47.5 Å². The van der Waals surface area contributed by atoms with Crippen molar-refractivity contribution in [2.24, 2.45) is 0 Å². The van der Waals surface area contributed by atoms with Crippen LogP contribution in [0.5, 0.6) is 5.75 Å². The van der Waals surface area contributed by atoms with Crippen LogP contribution >= 0.6 is 0 Å². The number of ether oxygens (including phenoxy) is 1. The highest BCUT2D eigenvalue weighted by Crippen LogP contribution is 2.31. The number of rotatable bonds is 7. The number of aliphatic hydroxyl groups is 1. The van der Waals surface area contributed by atoms with Crippen LogP contribution in [0.25, 0.3) is 10.9 Å². The molecule has 164 valence electrons. The van der Waals surface area contributed by atoms with Gasteiger partial charge in [0.1, 0.15) is 5.75 Å². The summed E-state index contributed by atoms with van der Waals surface area (Å²) in [5.74, 6) is 0.778. The van der Waals surface area contributed by atoms with Gasteiger partial charge >= 0.3 is 0 Å². The van der Waals surface area contributed by atoms with Crippen molar-refractivity contribution in [3.63, 3.8) is 0 Å². The summed E-state index contributed by atoms with van der Waals surface area (Å²) in [7, 11) is 1.65. The highest BCUT2D eigenvalue weighted by atomic mass is 16.5. The molecule has 0 saturated carbocycles. The fourth-order valence-electron chi connectivity index (χ4n) is 4.27. The largest absolute Gasteiger partial charge is 0.497 e. The number of hydrogen-bond donors (Lipinski definition) is 2. The van der Waals surface area contributed by atoms with Crippen LogP contribution in [-0.4, -0.2) is 48.0 Å². The molecule has 1 aromatic heterocycles. The molecule has 0 aliphatic carbocycles. The van der Waals surface area contributed by atoms with Crippen LogP contribution in [0.4, 0.5) is 11.4 Å². The number of hydrogen-bond acceptors (Lipinski definition) is 6. The average molecular weight is 423 g/mol. The molecule has 31 heavy (non-hydrogen) atoms. The van der Waals surface area contributed by atoms with E-state index in [1.165, 1.54) is 0 Å². The van der Waals surface area contributed by atoms with Gasteiger partial charge < -0.3 is 20.1 Å². The van der Waals surface area contributed by atoms with Gasteiger partial charge in [-0.1, -0.05) is 0 Å². The number of methoxy groups -OCH3 is 1. The van der Waals surface area contributed by atoms with E-state index in [0.29, 0.717) is 23.9 Å². The Morgan fingerprint density at radius 3 is 2.74 bits per heavy atom. The van der Waals surface area contributed by atoms with Gasteiger partial charge in [0.25, 0.3) is 5.56 Å². The Morgan fingerprint density at radius 1 is 1.19 bits per heavy atom. The fraction of sp³-hybridized carbons (Fsp3) is 0.417. The molecule has 1 aliphatic heterocycles. The minimum atomic E-state index is 0.00248. The van der Waals surface area contributed by atoms with Crippen LogP contribution in [0, 0.1) is 6.92 Å². The second-order valence-corrected chi connectivity index (χ2v) is 8.08. The van der Waals surface area contributed by atoms with E-state index < -0.39 is 0 Å². The maximum absolute atomic E-state index is 13.3. The predicted molar refractivity (Wildman–Crippen MR) is 124 cm³/mol. The van der Waals surface area contributed by atoms with Gasteiger partial charge in [0, 0.05) is 36.6 Å². The number of benzene rings is 2. The summed E-state index contributed by atoms with van der Waals surface area (Å²) in [6.07, 6.45) is 4.16. The van der Waals surface area contributed by atoms with Crippen molar-refractivity contribution in [1.29, 1.82) is 0 Å². The molecule has 7 nitrogen and oxygen atoms in total. The summed E-state index contributed by atoms with van der Waals surface area (Å²) in [4.78, 5) is 20.0. The molecule has 4 rings (SSSR count). The molecule has 2 heterocycles. The van der Waals surface area contributed by atoms with E-state index in [9.17, 15) is 9.90 Å². The molecule has 0 atom stereocenters. The number of nitrogens with zero attached hydrogens (tertiary/aromatic N) is 3. The second-order valence-electron chi connectivity index (χ2n) is 8.08. The van der Waals surface area contributed by atoms with E-state index >= 15 is 0 Å². The summed E-state index contributed by atoms with van der Waals surface area (Å²) in [5, 5.41) is 13.4. The smallest absolute Gasteiger partial charge is 0.261 e. The van der Waals surface area contributed by atoms with E-state index in [4.69, 9.17) is 4.74 Å². The van der Waals surface area contributed by atoms with Gasteiger partial charge in [-0.3, -0.25) is 9.36 Å². The number of aromatic nitrogens is 2. The lowest BCUT2D eigenvalue weighted by Gasteiger charge is -2.27. The van der Waals surface area contributed by atoms with Crippen LogP contribution in [0.3, 0.4) is 0 Å². The van der Waals surface area contributed by atoms with Crippen molar-refractivity contribution < 1.29 is 9.84 Å². The monoisotopic (exact) mass is 422 g/mol. The number of piperidine rings is 1. The van der Waals surface area contributed by atoms with Gasteiger partial charge in [-0.25, -0.2) is 4.98 Å². The predicted octanol–water partition coefficient (Wildman–Crippen LogP) is 3.16. The van der Waals surface area contributed by atoms with Gasteiger partial charge in [-0.15, -0.1) is 0 Å². The Balaban J connectivity index is 1.78. The topological polar surface area (TPSA) is 79.6 Å². The Morgan fingerprint density at radius 2 is 2.00 bits per heavy atom. The highest BCUT2D eigenvalue weighted by Gasteiger charge is 2.18. The third kappa shape index (κ3) is 4.57. The number of aliphatic hydroxyl groups excluding tert-OH is 1. The lowest BCUT2D eigenvalue weighted by Crippen LogP contribution is -2.34. The first kappa shape index (κ1) is 21.3. The fourth-order valence-corrected chi connectivity index (χ4v) is 4.27. The Hall–Kier alpha value is -2.90. The number of anilines is 2. The van der Waals surface area contributed by atoms with E-state index in [1.54, 1.807) is 18.0 Å². The summed E-state index contributed by atoms with van der Waals surface area (Å²) >= 11 is 0. The first-order valence-corrected chi connectivity index (χ1v) is 10.9. The van der Waals surface area contributed by atoms with Crippen LogP contribution in [0.1, 0.15) is 30.9 Å². The first-order chi connectivity index (χ1) is 15.1. The molecule has 1 fully saturated rings. The maximum atomic E-state index is 13.3. The normalized spacial score (nSPS) is 14.7. The molecule has 7 heteroatoms. The minimum absolute atomic E-state index is 0.00248. The third-order valence-corrected chi connectivity index (χ3v) is 5.90. The van der Waals surface area contributed by atoms with Gasteiger partial charge in [0.15, 0.2) is 0 Å². The highest BCUT2D eigenvalue weighted by molar-refractivity contribution is 5.83. The second kappa shape index (κ2) is 9.49. The van der Waals surface area contributed by atoms with Crippen molar-refractivity contribution in [3.8, 4) is 5.75 Å². The Kier molecular flexibility index (Phi) is 6.53. The molecule has 0 bridgehead atoms. The molecule has 2 aromatic carbocycles. The van der Waals surface area contributed by atoms with Crippen LogP contribution in [0.2, 0.25) is 0 Å². The van der Waals surface area contributed by atoms with Crippen molar-refractivity contribution in [1.82, 2.24) is 14.9 Å². The Bertz CT molecular complexity index is 1110. The quantitative estimate of drug-likeness (QED) is 0.609. The van der Waals surface area contributed by atoms with E-state index in [2.05, 4.69) is 21.3 Å². The zero-order valence-corrected chi connectivity index (χ0v) is 18.2. The van der Waals surface area contributed by atoms with Gasteiger partial charge in [-0.2, -0.15) is 0 Å². The van der Waals surface area contributed by atoms with E-state index in [1.807, 2.05) is 37.3 Å². The Labute approximate surface area is 182 Å². The number of aryl methyl sites for hydroxylation is 1. The molecular formula is C24H30N4O3. The molecule has 0 amide bonds. The molecule has 0 radical (unpaired) electrons. The minimum Gasteiger partial charge on any atom is -0.497 e. The summed E-state index contributed by atoms with van der Waals surface area (Å²) in [6, 6.07) is 12.0. The zero-order chi connectivity index (χ0) is 21.8. The summed E-state index contributed by atoms with van der Waals surface area (Å²) < 4.78 is 7.25. The lowest BCUT2D eigenvalue weighted by atomic mass is 10.1. The third-order valence-electron chi connectivity index (χ3n) is 5.90. The SMILES string of the molecule is COc1cc(C)cc(N(CCCO)c2ccc3ncn(C4CCNCC4)c(=O)c3c2)c1. The molecule has 0 unspecified atom stereocenters. The van der Waals surface area contributed by atoms with Gasteiger partial charge in [0.05, 0.1) is 24.3 Å². The van der Waals surface area contributed by atoms with Crippen molar-refractivity contribution in [2.75, 3.05) is 38.3 Å². The average Bonchev–Trinajstić information content (AvgIpc) is 2.80. The van der Waals surface area contributed by atoms with Gasteiger partial charge in [-0.05, 0) is 75.2 Å². The van der Waals surface area contributed by atoms with Crippen molar-refractivity contribution in [3.05, 3.63) is 58.6 Å². The summed E-state index contributed by atoms with van der Waals surface area (Å²) in [6.45, 7) is 4.57. The molecule has 1 aliphatic rings. The maximum Gasteiger partial charge on any atom is 0.261 e. The van der Waals surface area contributed by atoms with Gasteiger partial charge in [0.2, 0.25) is 0 Å². The molecule has 0 spiro atoms. The van der Waals surface area contributed by atoms with Crippen molar-refractivity contribution in [2.45, 2.75) is 32.2 Å². The standard InChI is InChI=1S/C24H30N4O3/c1-17-12-20(14-21(13-17)31-2)27(10-3-11-29)19-4-5-23-22(15-19)24(30)28(16-26-23)18-6-8-25-9-7-18/h4-5,12-16,18,25,29H,3,6-11H2,1-2H3. The van der Waals surface area contributed by atoms with E-state index in [-0.39, 0.29) is 18.2 Å². The first-order valence-electron chi connectivity index (χ1n) is 10.9. The molecular weight excluding hydrogens is 392 g/mol. The number of fused-ring (bicyclic) bond motifs is 1.